The maximum Gasteiger partial charge on any atom is 0.222 e. The van der Waals surface area contributed by atoms with Crippen LogP contribution < -0.4 is 5.73 Å². The topological polar surface area (TPSA) is 93.6 Å². The highest BCUT2D eigenvalue weighted by Crippen LogP contribution is 2.33. The smallest absolute Gasteiger partial charge is 0.222 e. The number of nitrogens with zero attached hydrogens (tertiary/aromatic N) is 3. The summed E-state index contributed by atoms with van der Waals surface area (Å²) in [4.78, 5) is 8.31. The van der Waals surface area contributed by atoms with Crippen LogP contribution in [0.3, 0.4) is 0 Å². The molecule has 3 heterocycles. The number of fused-ring (bicyclic) bond motifs is 2. The molecule has 3 aromatic heterocycles. The number of rotatable bonds is 1. The van der Waals surface area contributed by atoms with E-state index in [9.17, 15) is 0 Å². The summed E-state index contributed by atoms with van der Waals surface area (Å²) >= 11 is 6.12. The number of para-hydroxylation sites is 1. The van der Waals surface area contributed by atoms with Crippen molar-refractivity contribution in [3.05, 3.63) is 35.5 Å². The van der Waals surface area contributed by atoms with Crippen LogP contribution >= 0.6 is 11.6 Å². The molecule has 7 heteroatoms. The number of aromatic nitrogens is 4. The maximum absolute atomic E-state index is 6.12. The van der Waals surface area contributed by atoms with Crippen molar-refractivity contribution < 1.29 is 4.42 Å². The molecule has 0 aliphatic carbocycles. The van der Waals surface area contributed by atoms with Gasteiger partial charge in [-0.1, -0.05) is 23.7 Å². The standard InChI is InChI=1S/C13H8ClN5O/c14-8-3-1-2-6-4-9(20-11(6)8)10-7-5-16-19-12(7)18-13(15)17-10/h1-5H,(H3,15,16,17,18,19). The molecule has 0 aliphatic heterocycles. The van der Waals surface area contributed by atoms with E-state index in [4.69, 9.17) is 21.8 Å². The molecular formula is C13H8ClN5O. The zero-order valence-corrected chi connectivity index (χ0v) is 10.8. The van der Waals surface area contributed by atoms with E-state index < -0.39 is 0 Å². The lowest BCUT2D eigenvalue weighted by Gasteiger charge is -1.99. The Balaban J connectivity index is 2.05. The van der Waals surface area contributed by atoms with Crippen molar-refractivity contribution in [2.45, 2.75) is 0 Å². The van der Waals surface area contributed by atoms with E-state index in [0.717, 1.165) is 10.8 Å². The second kappa shape index (κ2) is 3.94. The second-order valence-corrected chi connectivity index (χ2v) is 4.74. The average Bonchev–Trinajstić information content (AvgIpc) is 3.04. The van der Waals surface area contributed by atoms with E-state index in [-0.39, 0.29) is 5.95 Å². The second-order valence-electron chi connectivity index (χ2n) is 4.33. The first kappa shape index (κ1) is 11.2. The normalized spacial score (nSPS) is 11.4. The van der Waals surface area contributed by atoms with E-state index in [1.165, 1.54) is 0 Å². The highest BCUT2D eigenvalue weighted by Gasteiger charge is 2.15. The summed E-state index contributed by atoms with van der Waals surface area (Å²) in [5, 5.41) is 8.92. The number of benzene rings is 1. The van der Waals surface area contributed by atoms with Gasteiger partial charge in [-0.25, -0.2) is 4.98 Å². The Morgan fingerprint density at radius 1 is 1.25 bits per heavy atom. The van der Waals surface area contributed by atoms with Crippen LogP contribution in [0.4, 0.5) is 5.95 Å². The molecular weight excluding hydrogens is 278 g/mol. The van der Waals surface area contributed by atoms with E-state index in [2.05, 4.69) is 20.2 Å². The quantitative estimate of drug-likeness (QED) is 0.561. The lowest BCUT2D eigenvalue weighted by molar-refractivity contribution is 0.629. The molecule has 0 bridgehead atoms. The molecule has 0 saturated carbocycles. The van der Waals surface area contributed by atoms with Gasteiger partial charge >= 0.3 is 0 Å². The van der Waals surface area contributed by atoms with Gasteiger partial charge in [0.2, 0.25) is 5.95 Å². The first-order valence-corrected chi connectivity index (χ1v) is 6.25. The van der Waals surface area contributed by atoms with Gasteiger partial charge in [0.05, 0.1) is 16.6 Å². The van der Waals surface area contributed by atoms with Crippen LogP contribution in [-0.2, 0) is 0 Å². The molecule has 1 aromatic carbocycles. The Labute approximate surface area is 117 Å². The fourth-order valence-electron chi connectivity index (χ4n) is 2.18. The van der Waals surface area contributed by atoms with Crippen molar-refractivity contribution in [2.75, 3.05) is 5.73 Å². The number of hydrogen-bond acceptors (Lipinski definition) is 5. The third kappa shape index (κ3) is 1.55. The lowest BCUT2D eigenvalue weighted by Crippen LogP contribution is -1.96. The summed E-state index contributed by atoms with van der Waals surface area (Å²) in [7, 11) is 0. The van der Waals surface area contributed by atoms with Gasteiger partial charge in [-0.05, 0) is 12.1 Å². The third-order valence-electron chi connectivity index (χ3n) is 3.06. The molecule has 20 heavy (non-hydrogen) atoms. The number of aromatic amines is 1. The van der Waals surface area contributed by atoms with Gasteiger partial charge in [0, 0.05) is 5.39 Å². The largest absolute Gasteiger partial charge is 0.453 e. The molecule has 4 aromatic rings. The Kier molecular flexibility index (Phi) is 2.22. The first-order valence-electron chi connectivity index (χ1n) is 5.87. The van der Waals surface area contributed by atoms with Gasteiger partial charge in [0.15, 0.2) is 17.0 Å². The van der Waals surface area contributed by atoms with Gasteiger partial charge in [-0.3, -0.25) is 5.10 Å². The third-order valence-corrected chi connectivity index (χ3v) is 3.35. The lowest BCUT2D eigenvalue weighted by atomic mass is 10.2. The summed E-state index contributed by atoms with van der Waals surface area (Å²) in [6, 6.07) is 7.44. The summed E-state index contributed by atoms with van der Waals surface area (Å²) in [6.45, 7) is 0. The van der Waals surface area contributed by atoms with Gasteiger partial charge < -0.3 is 10.2 Å². The minimum atomic E-state index is 0.156. The molecule has 3 N–H and O–H groups in total. The monoisotopic (exact) mass is 285 g/mol. The van der Waals surface area contributed by atoms with Crippen molar-refractivity contribution in [3.63, 3.8) is 0 Å². The van der Waals surface area contributed by atoms with Crippen molar-refractivity contribution >= 4 is 39.6 Å². The first-order chi connectivity index (χ1) is 9.72. The number of nitrogens with two attached hydrogens (primary N) is 1. The zero-order chi connectivity index (χ0) is 13.7. The highest BCUT2D eigenvalue weighted by molar-refractivity contribution is 6.34. The number of halogens is 1. The number of furan rings is 1. The minimum absolute atomic E-state index is 0.156. The number of anilines is 1. The van der Waals surface area contributed by atoms with E-state index >= 15 is 0 Å². The summed E-state index contributed by atoms with van der Waals surface area (Å²) < 4.78 is 5.80. The van der Waals surface area contributed by atoms with Crippen LogP contribution in [0.15, 0.2) is 34.9 Å². The molecule has 0 unspecified atom stereocenters. The molecule has 6 nitrogen and oxygen atoms in total. The Hall–Kier alpha value is -2.60. The molecule has 0 atom stereocenters. The van der Waals surface area contributed by atoms with Gasteiger partial charge in [-0.2, -0.15) is 10.1 Å². The van der Waals surface area contributed by atoms with Crippen molar-refractivity contribution in [2.24, 2.45) is 0 Å². The number of nitrogen functional groups attached to an aromatic ring is 1. The molecule has 0 aliphatic rings. The van der Waals surface area contributed by atoms with Crippen LogP contribution in [0.25, 0.3) is 33.5 Å². The fraction of sp³-hybridized carbons (Fsp3) is 0. The Morgan fingerprint density at radius 2 is 2.15 bits per heavy atom. The molecule has 0 radical (unpaired) electrons. The number of nitrogens with one attached hydrogen (secondary N) is 1. The molecule has 0 amide bonds. The number of H-pyrrole nitrogens is 1. The summed E-state index contributed by atoms with van der Waals surface area (Å²) in [5.41, 5.74) is 7.49. The van der Waals surface area contributed by atoms with Crippen molar-refractivity contribution in [1.29, 1.82) is 0 Å². The summed E-state index contributed by atoms with van der Waals surface area (Å²) in [5.74, 6) is 0.733. The molecule has 0 saturated heterocycles. The van der Waals surface area contributed by atoms with Crippen molar-refractivity contribution in [3.8, 4) is 11.5 Å². The van der Waals surface area contributed by atoms with Crippen LogP contribution in [0.5, 0.6) is 0 Å². The van der Waals surface area contributed by atoms with Gasteiger partial charge in [0.1, 0.15) is 5.69 Å². The Bertz CT molecular complexity index is 942. The maximum atomic E-state index is 6.12. The minimum Gasteiger partial charge on any atom is -0.453 e. The SMILES string of the molecule is Nc1nc(-c2cc3cccc(Cl)c3o2)c2cn[nH]c2n1. The molecule has 98 valence electrons. The summed E-state index contributed by atoms with van der Waals surface area (Å²) in [6.07, 6.45) is 1.64. The molecule has 4 rings (SSSR count). The van der Waals surface area contributed by atoms with Crippen molar-refractivity contribution in [1.82, 2.24) is 20.2 Å². The molecule has 0 spiro atoms. The van der Waals surface area contributed by atoms with E-state index in [1.54, 1.807) is 12.3 Å². The zero-order valence-electron chi connectivity index (χ0n) is 10.1. The van der Waals surface area contributed by atoms with E-state index in [0.29, 0.717) is 27.7 Å². The van der Waals surface area contributed by atoms with Gasteiger partial charge in [0.25, 0.3) is 0 Å². The Morgan fingerprint density at radius 3 is 3.00 bits per heavy atom. The predicted octanol–water partition coefficient (Wildman–Crippen LogP) is 3.00. The van der Waals surface area contributed by atoms with Gasteiger partial charge in [-0.15, -0.1) is 0 Å². The van der Waals surface area contributed by atoms with Crippen LogP contribution in [-0.4, -0.2) is 20.2 Å². The number of hydrogen-bond donors (Lipinski definition) is 2. The average molecular weight is 286 g/mol. The fourth-order valence-corrected chi connectivity index (χ4v) is 2.40. The predicted molar refractivity (Wildman–Crippen MR) is 76.3 cm³/mol. The highest BCUT2D eigenvalue weighted by atomic mass is 35.5. The van der Waals surface area contributed by atoms with Crippen LogP contribution in [0, 0.1) is 0 Å². The van der Waals surface area contributed by atoms with E-state index in [1.807, 2.05) is 18.2 Å². The van der Waals surface area contributed by atoms with Crippen LogP contribution in [0.1, 0.15) is 0 Å². The molecule has 0 fully saturated rings. The van der Waals surface area contributed by atoms with Crippen LogP contribution in [0.2, 0.25) is 5.02 Å².